The molecule has 0 spiro atoms. The van der Waals surface area contributed by atoms with Crippen LogP contribution in [0.25, 0.3) is 0 Å². The van der Waals surface area contributed by atoms with Gasteiger partial charge in [0.1, 0.15) is 0 Å². The lowest BCUT2D eigenvalue weighted by Crippen LogP contribution is -2.29. The molecule has 98 valence electrons. The lowest BCUT2D eigenvalue weighted by molar-refractivity contribution is 0.171. The Kier molecular flexibility index (Phi) is 9.78. The second-order valence-corrected chi connectivity index (χ2v) is 4.43. The number of hydrogen-bond acceptors (Lipinski definition) is 2. The van der Waals surface area contributed by atoms with Gasteiger partial charge in [-0.1, -0.05) is 50.1 Å². The first-order chi connectivity index (χ1) is 8.13. The molecule has 0 aliphatic heterocycles. The van der Waals surface area contributed by atoms with Gasteiger partial charge in [0.05, 0.1) is 6.61 Å². The largest absolute Gasteiger partial charge is 0.383 e. The summed E-state index contributed by atoms with van der Waals surface area (Å²) >= 11 is 0. The van der Waals surface area contributed by atoms with Gasteiger partial charge in [-0.25, -0.2) is 0 Å². The van der Waals surface area contributed by atoms with Crippen LogP contribution < -0.4 is 5.32 Å². The van der Waals surface area contributed by atoms with Crippen LogP contribution in [-0.4, -0.2) is 19.8 Å². The molecular formula is C15H27NO. The van der Waals surface area contributed by atoms with Gasteiger partial charge in [0, 0.05) is 19.7 Å². The van der Waals surface area contributed by atoms with Gasteiger partial charge < -0.3 is 10.1 Å². The van der Waals surface area contributed by atoms with Crippen molar-refractivity contribution in [3.63, 3.8) is 0 Å². The summed E-state index contributed by atoms with van der Waals surface area (Å²) in [7, 11) is 1.73. The Labute approximate surface area is 106 Å². The summed E-state index contributed by atoms with van der Waals surface area (Å²) in [5.74, 6) is 0. The number of methoxy groups -OCH3 is 1. The maximum atomic E-state index is 5.05. The lowest BCUT2D eigenvalue weighted by Gasteiger charge is -2.12. The first-order valence-electron chi connectivity index (χ1n) is 6.41. The minimum Gasteiger partial charge on any atom is -0.383 e. The molecule has 0 bridgehead atoms. The van der Waals surface area contributed by atoms with Gasteiger partial charge in [-0.15, -0.1) is 0 Å². The summed E-state index contributed by atoms with van der Waals surface area (Å²) in [5, 5.41) is 3.40. The molecule has 1 N–H and O–H groups in total. The number of benzene rings is 1. The van der Waals surface area contributed by atoms with Crippen molar-refractivity contribution in [2.75, 3.05) is 13.7 Å². The topological polar surface area (TPSA) is 21.3 Å². The average Bonchev–Trinajstić information content (AvgIpc) is 2.28. The van der Waals surface area contributed by atoms with Crippen molar-refractivity contribution in [3.05, 3.63) is 35.4 Å². The zero-order valence-electron chi connectivity index (χ0n) is 11.9. The molecule has 1 unspecified atom stereocenters. The second kappa shape index (κ2) is 10.3. The lowest BCUT2D eigenvalue weighted by atomic mass is 10.1. The molecule has 1 aromatic rings. The molecule has 1 aromatic carbocycles. The minimum atomic E-state index is 0.403. The standard InChI is InChI=1S/C12H19NO.C3H8/c1-10-5-4-6-12(7-10)8-13-11(2)9-14-3;1-3-2/h4-7,11,13H,8-9H2,1-3H3;3H2,1-2H3. The molecule has 1 rings (SSSR count). The third-order valence-electron chi connectivity index (χ3n) is 2.15. The van der Waals surface area contributed by atoms with Crippen LogP contribution in [0.3, 0.4) is 0 Å². The van der Waals surface area contributed by atoms with E-state index in [9.17, 15) is 0 Å². The van der Waals surface area contributed by atoms with Crippen molar-refractivity contribution >= 4 is 0 Å². The fourth-order valence-electron chi connectivity index (χ4n) is 1.42. The van der Waals surface area contributed by atoms with Crippen molar-refractivity contribution in [2.45, 2.75) is 46.7 Å². The van der Waals surface area contributed by atoms with E-state index in [2.05, 4.69) is 57.3 Å². The third kappa shape index (κ3) is 8.90. The van der Waals surface area contributed by atoms with Gasteiger partial charge in [-0.2, -0.15) is 0 Å². The maximum Gasteiger partial charge on any atom is 0.0613 e. The van der Waals surface area contributed by atoms with Crippen LogP contribution >= 0.6 is 0 Å². The highest BCUT2D eigenvalue weighted by atomic mass is 16.5. The molecule has 0 saturated carbocycles. The summed E-state index contributed by atoms with van der Waals surface area (Å²) < 4.78 is 5.05. The highest BCUT2D eigenvalue weighted by Crippen LogP contribution is 2.03. The van der Waals surface area contributed by atoms with E-state index in [1.807, 2.05) is 0 Å². The first-order valence-corrected chi connectivity index (χ1v) is 6.41. The van der Waals surface area contributed by atoms with E-state index >= 15 is 0 Å². The fraction of sp³-hybridized carbons (Fsp3) is 0.600. The highest BCUT2D eigenvalue weighted by Gasteiger charge is 1.99. The molecule has 1 atom stereocenters. The summed E-state index contributed by atoms with van der Waals surface area (Å²) in [6, 6.07) is 8.95. The zero-order chi connectivity index (χ0) is 13.1. The Morgan fingerprint density at radius 1 is 1.29 bits per heavy atom. The van der Waals surface area contributed by atoms with Crippen LogP contribution in [0.15, 0.2) is 24.3 Å². The molecule has 0 fully saturated rings. The van der Waals surface area contributed by atoms with Crippen molar-refractivity contribution < 1.29 is 4.74 Å². The van der Waals surface area contributed by atoms with Crippen LogP contribution in [0, 0.1) is 6.92 Å². The molecule has 2 heteroatoms. The van der Waals surface area contributed by atoms with Crippen molar-refractivity contribution in [2.24, 2.45) is 0 Å². The molecule has 0 saturated heterocycles. The number of ether oxygens (including phenoxy) is 1. The van der Waals surface area contributed by atoms with Gasteiger partial charge in [-0.05, 0) is 19.4 Å². The van der Waals surface area contributed by atoms with Crippen LogP contribution in [0.2, 0.25) is 0 Å². The second-order valence-electron chi connectivity index (χ2n) is 4.43. The Bertz CT molecular complexity index is 286. The Balaban J connectivity index is 0.000000770. The van der Waals surface area contributed by atoms with Gasteiger partial charge in [-0.3, -0.25) is 0 Å². The van der Waals surface area contributed by atoms with E-state index in [0.717, 1.165) is 13.2 Å². The van der Waals surface area contributed by atoms with Crippen molar-refractivity contribution in [1.82, 2.24) is 5.32 Å². The van der Waals surface area contributed by atoms with Gasteiger partial charge in [0.2, 0.25) is 0 Å². The quantitative estimate of drug-likeness (QED) is 0.846. The van der Waals surface area contributed by atoms with Gasteiger partial charge in [0.15, 0.2) is 0 Å². The highest BCUT2D eigenvalue weighted by molar-refractivity contribution is 5.21. The minimum absolute atomic E-state index is 0.403. The van der Waals surface area contributed by atoms with Gasteiger partial charge in [0.25, 0.3) is 0 Å². The SMILES string of the molecule is CCC.COCC(C)NCc1cccc(C)c1. The van der Waals surface area contributed by atoms with E-state index in [0.29, 0.717) is 6.04 Å². The van der Waals surface area contributed by atoms with Crippen molar-refractivity contribution in [1.29, 1.82) is 0 Å². The molecule has 0 amide bonds. The summed E-state index contributed by atoms with van der Waals surface area (Å²) in [5.41, 5.74) is 2.64. The van der Waals surface area contributed by atoms with E-state index in [1.54, 1.807) is 7.11 Å². The maximum absolute atomic E-state index is 5.05. The normalized spacial score (nSPS) is 11.6. The van der Waals surface area contributed by atoms with Crippen LogP contribution in [-0.2, 0) is 11.3 Å². The Morgan fingerprint density at radius 3 is 2.47 bits per heavy atom. The number of hydrogen-bond donors (Lipinski definition) is 1. The molecule has 0 heterocycles. The third-order valence-corrected chi connectivity index (χ3v) is 2.15. The summed E-state index contributed by atoms with van der Waals surface area (Å²) in [4.78, 5) is 0. The predicted molar refractivity (Wildman–Crippen MR) is 75.3 cm³/mol. The van der Waals surface area contributed by atoms with Crippen LogP contribution in [0.5, 0.6) is 0 Å². The van der Waals surface area contributed by atoms with E-state index in [-0.39, 0.29) is 0 Å². The molecule has 2 nitrogen and oxygen atoms in total. The average molecular weight is 237 g/mol. The van der Waals surface area contributed by atoms with E-state index in [4.69, 9.17) is 4.74 Å². The summed E-state index contributed by atoms with van der Waals surface area (Å²) in [6.45, 7) is 10.2. The van der Waals surface area contributed by atoms with E-state index in [1.165, 1.54) is 17.5 Å². The number of nitrogens with one attached hydrogen (secondary N) is 1. The van der Waals surface area contributed by atoms with Gasteiger partial charge >= 0.3 is 0 Å². The molecular weight excluding hydrogens is 210 g/mol. The molecule has 0 aliphatic rings. The first kappa shape index (κ1) is 16.1. The predicted octanol–water partition coefficient (Wildman–Crippen LogP) is 3.54. The van der Waals surface area contributed by atoms with Crippen molar-refractivity contribution in [3.8, 4) is 0 Å². The molecule has 0 aliphatic carbocycles. The molecule has 0 aromatic heterocycles. The van der Waals surface area contributed by atoms with Crippen LogP contribution in [0.4, 0.5) is 0 Å². The monoisotopic (exact) mass is 237 g/mol. The zero-order valence-corrected chi connectivity index (χ0v) is 11.9. The van der Waals surface area contributed by atoms with Crippen LogP contribution in [0.1, 0.15) is 38.3 Å². The van der Waals surface area contributed by atoms with E-state index < -0.39 is 0 Å². The Morgan fingerprint density at radius 2 is 1.94 bits per heavy atom. The molecule has 17 heavy (non-hydrogen) atoms. The molecule has 0 radical (unpaired) electrons. The number of aryl methyl sites for hydroxylation is 1. The summed E-state index contributed by atoms with van der Waals surface area (Å²) in [6.07, 6.45) is 1.25. The smallest absolute Gasteiger partial charge is 0.0613 e. The fourth-order valence-corrected chi connectivity index (χ4v) is 1.42. The Hall–Kier alpha value is -0.860. The number of rotatable bonds is 5.